The Morgan fingerprint density at radius 1 is 0.317 bits per heavy atom. The van der Waals surface area contributed by atoms with Gasteiger partial charge in [0, 0.05) is 72.5 Å². The molecule has 0 aliphatic carbocycles. The lowest BCUT2D eigenvalue weighted by molar-refractivity contribution is 1.31. The Bertz CT molecular complexity index is 3370. The normalized spacial score (nSPS) is 11.9. The molecule has 7 nitrogen and oxygen atoms in total. The number of nitrogens with two attached hydrogens (primary N) is 3. The van der Waals surface area contributed by atoms with E-state index in [4.69, 9.17) is 27.2 Å². The maximum atomic E-state index is 6.43. The molecule has 7 heteroatoms. The molecule has 63 heavy (non-hydrogen) atoms. The number of nitrogen functional groups attached to an aromatic ring is 3. The van der Waals surface area contributed by atoms with Crippen molar-refractivity contribution in [2.75, 3.05) is 17.2 Å². The van der Waals surface area contributed by atoms with Crippen LogP contribution in [0.3, 0.4) is 0 Å². The van der Waals surface area contributed by atoms with Gasteiger partial charge in [-0.1, -0.05) is 127 Å². The summed E-state index contributed by atoms with van der Waals surface area (Å²) < 4.78 is 0. The molecule has 0 atom stereocenters. The van der Waals surface area contributed by atoms with Crippen molar-refractivity contribution < 1.29 is 0 Å². The molecule has 0 unspecified atom stereocenters. The largest absolute Gasteiger partial charge is 0.398 e. The summed E-state index contributed by atoms with van der Waals surface area (Å²) in [5.74, 6) is 0. The van der Waals surface area contributed by atoms with E-state index in [1.54, 1.807) is 0 Å². The van der Waals surface area contributed by atoms with Crippen LogP contribution in [0.5, 0.6) is 0 Å². The van der Waals surface area contributed by atoms with Crippen LogP contribution in [0.25, 0.3) is 113 Å². The highest BCUT2D eigenvalue weighted by molar-refractivity contribution is 5.98. The predicted octanol–water partition coefficient (Wildman–Crippen LogP) is 13.4. The lowest BCUT2D eigenvalue weighted by Crippen LogP contribution is -1.91. The lowest BCUT2D eigenvalue weighted by Gasteiger charge is -2.09. The molecule has 2 aliphatic heterocycles. The molecular weight excluding hydrogens is 771 g/mol. The number of fused-ring (bicyclic) bond motifs is 8. The summed E-state index contributed by atoms with van der Waals surface area (Å²) in [6.07, 6.45) is 8.39. The molecule has 300 valence electrons. The molecule has 2 aliphatic rings. The fraction of sp³-hybridized carbons (Fsp3) is 0. The van der Waals surface area contributed by atoms with Gasteiger partial charge in [-0.2, -0.15) is 0 Å². The summed E-state index contributed by atoms with van der Waals surface area (Å²) in [6, 6.07) is 60.1. The number of aromatic amines is 2. The van der Waals surface area contributed by atoms with Crippen LogP contribution in [0.15, 0.2) is 176 Å². The van der Waals surface area contributed by atoms with E-state index >= 15 is 0 Å². The Balaban J connectivity index is 1.16. The molecule has 8 bridgehead atoms. The maximum absolute atomic E-state index is 6.43. The zero-order valence-corrected chi connectivity index (χ0v) is 34.2. The number of rotatable bonds is 6. The van der Waals surface area contributed by atoms with Gasteiger partial charge in [-0.15, -0.1) is 0 Å². The van der Waals surface area contributed by atoms with Crippen LogP contribution < -0.4 is 17.2 Å². The molecule has 6 aromatic carbocycles. The molecule has 0 saturated carbocycles. The molecule has 0 saturated heterocycles. The molecule has 0 amide bonds. The van der Waals surface area contributed by atoms with E-state index in [0.29, 0.717) is 0 Å². The minimum atomic E-state index is 0.736. The van der Waals surface area contributed by atoms with Crippen LogP contribution >= 0.6 is 0 Å². The van der Waals surface area contributed by atoms with Crippen LogP contribution in [-0.4, -0.2) is 19.9 Å². The molecule has 0 spiro atoms. The van der Waals surface area contributed by atoms with E-state index in [-0.39, 0.29) is 0 Å². The number of hydrogen-bond donors (Lipinski definition) is 5. The van der Waals surface area contributed by atoms with Gasteiger partial charge in [-0.05, 0) is 106 Å². The van der Waals surface area contributed by atoms with E-state index in [2.05, 4.69) is 156 Å². The first-order valence-electron chi connectivity index (χ1n) is 20.9. The van der Waals surface area contributed by atoms with Crippen molar-refractivity contribution in [2.24, 2.45) is 0 Å². The van der Waals surface area contributed by atoms with Crippen molar-refractivity contribution in [2.45, 2.75) is 0 Å². The summed E-state index contributed by atoms with van der Waals surface area (Å²) in [5, 5.41) is 0. The second-order valence-electron chi connectivity index (χ2n) is 15.8. The second kappa shape index (κ2) is 15.4. The summed E-state index contributed by atoms with van der Waals surface area (Å²) in [7, 11) is 0. The number of hydrogen-bond acceptors (Lipinski definition) is 5. The van der Waals surface area contributed by atoms with Crippen molar-refractivity contribution in [3.8, 4) is 66.8 Å². The summed E-state index contributed by atoms with van der Waals surface area (Å²) in [5.41, 5.74) is 40.6. The minimum absolute atomic E-state index is 0.736. The van der Waals surface area contributed by atoms with Crippen LogP contribution in [-0.2, 0) is 0 Å². The number of para-hydroxylation sites is 3. The van der Waals surface area contributed by atoms with Crippen LogP contribution in [0.1, 0.15) is 22.8 Å². The highest BCUT2D eigenvalue weighted by Gasteiger charge is 2.18. The zero-order chi connectivity index (χ0) is 42.4. The van der Waals surface area contributed by atoms with Gasteiger partial charge in [-0.3, -0.25) is 0 Å². The topological polar surface area (TPSA) is 135 Å². The molecule has 0 fully saturated rings. The number of H-pyrrole nitrogens is 2. The minimum Gasteiger partial charge on any atom is -0.398 e. The summed E-state index contributed by atoms with van der Waals surface area (Å²) in [6.45, 7) is 0. The number of aromatic nitrogens is 4. The molecular formula is C56H41N7. The highest BCUT2D eigenvalue weighted by atomic mass is 14.8. The van der Waals surface area contributed by atoms with Gasteiger partial charge in [0.25, 0.3) is 0 Å². The first-order chi connectivity index (χ1) is 30.9. The molecule has 5 heterocycles. The van der Waals surface area contributed by atoms with Gasteiger partial charge in [0.2, 0.25) is 0 Å². The Hall–Kier alpha value is -8.68. The molecule has 8 N–H and O–H groups in total. The fourth-order valence-electron chi connectivity index (χ4n) is 8.78. The maximum Gasteiger partial charge on any atom is 0.0737 e. The molecule has 3 aromatic heterocycles. The van der Waals surface area contributed by atoms with Crippen molar-refractivity contribution in [1.29, 1.82) is 0 Å². The average molecular weight is 812 g/mol. The number of benzene rings is 6. The standard InChI is InChI=1S/C56H41N7/c57-45-10-4-1-7-42(45)34-13-19-37(20-14-34)54-48-27-25-40(60-48)33-41-26-28-49(61-41)55(38-21-15-35(16-22-38)43-8-2-5-11-46(43)58)51-30-32-53(63-51)56(52-31-29-50(54)62-52)39-23-17-36(18-24-39)44-9-3-6-12-47(44)59/h1-33,60,63H,57-59H2. The zero-order valence-electron chi connectivity index (χ0n) is 34.2. The van der Waals surface area contributed by atoms with E-state index in [1.165, 1.54) is 0 Å². The van der Waals surface area contributed by atoms with Gasteiger partial charge in [0.05, 0.1) is 22.8 Å². The Kier molecular flexibility index (Phi) is 9.13. The fourth-order valence-corrected chi connectivity index (χ4v) is 8.78. The number of nitrogens with zero attached hydrogens (tertiary/aromatic N) is 2. The van der Waals surface area contributed by atoms with Crippen LogP contribution in [0, 0.1) is 0 Å². The quantitative estimate of drug-likeness (QED) is 0.107. The second-order valence-corrected chi connectivity index (χ2v) is 15.8. The van der Waals surface area contributed by atoms with Gasteiger partial charge < -0.3 is 27.2 Å². The Labute approximate surface area is 364 Å². The summed E-state index contributed by atoms with van der Waals surface area (Å²) in [4.78, 5) is 18.2. The molecule has 11 rings (SSSR count). The van der Waals surface area contributed by atoms with Gasteiger partial charge in [0.15, 0.2) is 0 Å². The SMILES string of the molecule is Nc1ccccc1-c1ccc(-c2c3nc(c(-c4ccc(-c5ccccc5N)cc4)c4ccc([nH]4)c(-c4ccc(-c5ccccc5N)cc4)c4nc(cc5ccc2[nH]5)C=C4)C=C3)cc1. The smallest absolute Gasteiger partial charge is 0.0737 e. The third-order valence-electron chi connectivity index (χ3n) is 11.9. The van der Waals surface area contributed by atoms with Crippen LogP contribution in [0.2, 0.25) is 0 Å². The first kappa shape index (κ1) is 37.3. The predicted molar refractivity (Wildman–Crippen MR) is 265 cm³/mol. The van der Waals surface area contributed by atoms with Gasteiger partial charge >= 0.3 is 0 Å². The van der Waals surface area contributed by atoms with E-state index < -0.39 is 0 Å². The lowest BCUT2D eigenvalue weighted by atomic mass is 9.98. The molecule has 0 radical (unpaired) electrons. The first-order valence-corrected chi connectivity index (χ1v) is 20.9. The average Bonchev–Trinajstić information content (AvgIpc) is 4.16. The summed E-state index contributed by atoms with van der Waals surface area (Å²) >= 11 is 0. The van der Waals surface area contributed by atoms with E-state index in [1.807, 2.05) is 54.6 Å². The Morgan fingerprint density at radius 3 is 1.10 bits per heavy atom. The third-order valence-corrected chi connectivity index (χ3v) is 11.9. The van der Waals surface area contributed by atoms with Gasteiger partial charge in [-0.25, -0.2) is 9.97 Å². The van der Waals surface area contributed by atoms with E-state index in [0.717, 1.165) is 129 Å². The van der Waals surface area contributed by atoms with Crippen molar-refractivity contribution in [3.05, 3.63) is 199 Å². The number of nitrogens with one attached hydrogen (secondary N) is 2. The van der Waals surface area contributed by atoms with Crippen molar-refractivity contribution in [3.63, 3.8) is 0 Å². The van der Waals surface area contributed by atoms with Crippen molar-refractivity contribution >= 4 is 63.4 Å². The monoisotopic (exact) mass is 811 g/mol. The Morgan fingerprint density at radius 2 is 0.667 bits per heavy atom. The third kappa shape index (κ3) is 6.93. The van der Waals surface area contributed by atoms with Crippen LogP contribution in [0.4, 0.5) is 17.1 Å². The van der Waals surface area contributed by atoms with Gasteiger partial charge in [0.1, 0.15) is 0 Å². The number of anilines is 3. The highest BCUT2D eigenvalue weighted by Crippen LogP contribution is 2.39. The van der Waals surface area contributed by atoms with Crippen molar-refractivity contribution in [1.82, 2.24) is 19.9 Å². The molecule has 9 aromatic rings. The van der Waals surface area contributed by atoms with E-state index in [9.17, 15) is 0 Å².